The first-order valence-corrected chi connectivity index (χ1v) is 41.4. The summed E-state index contributed by atoms with van der Waals surface area (Å²) in [6.45, 7) is 7.62. The Labute approximate surface area is 707 Å². The smallest absolute Gasteiger partial charge is 0.203 e. The molecule has 1 aromatic heterocycles. The summed E-state index contributed by atoms with van der Waals surface area (Å²) in [5.41, 5.74) is 38.6. The topological polar surface area (TPSA) is 330 Å². The van der Waals surface area contributed by atoms with E-state index in [-0.39, 0.29) is 111 Å². The molecule has 3 heterocycles. The second-order valence-corrected chi connectivity index (χ2v) is 30.3. The number of hydrogen-bond donors (Lipinski definition) is 5. The number of hydrogen-bond acceptors (Lipinski definition) is 18. The predicted molar refractivity (Wildman–Crippen MR) is 445 cm³/mol. The zero-order chi connectivity index (χ0) is 73.8. The van der Waals surface area contributed by atoms with Crippen LogP contribution < -0.4 is 28.7 Å². The minimum atomic E-state index is -0.0745. The van der Waals surface area contributed by atoms with Gasteiger partial charge in [0.05, 0.1) is 11.4 Å². The zero-order valence-electron chi connectivity index (χ0n) is 67.3. The molecule has 0 bridgehead atoms. The average Bonchev–Trinajstić information content (AvgIpc) is 1.28. The molecule has 10 N–H and O–H groups in total. The molecule has 602 valence electrons. The molecule has 3 aromatic rings. The van der Waals surface area contributed by atoms with Crippen LogP contribution in [0.4, 0.5) is 0 Å². The van der Waals surface area contributed by atoms with E-state index in [1.807, 2.05) is 6.29 Å². The van der Waals surface area contributed by atoms with Gasteiger partial charge in [0.25, 0.3) is 0 Å². The van der Waals surface area contributed by atoms with Crippen LogP contribution in [0.15, 0.2) is 81.1 Å². The number of carbonyl (C=O) groups is 1. The molecule has 18 nitrogen and oxygen atoms in total. The first kappa shape index (κ1) is 104. The van der Waals surface area contributed by atoms with Gasteiger partial charge in [-0.3, -0.25) is 17.4 Å². The van der Waals surface area contributed by atoms with Gasteiger partial charge in [-0.2, -0.15) is 20.4 Å². The van der Waals surface area contributed by atoms with Crippen LogP contribution in [0.3, 0.4) is 0 Å². The van der Waals surface area contributed by atoms with E-state index in [9.17, 15) is 14.4 Å². The molecule has 9 atom stereocenters. The van der Waals surface area contributed by atoms with Crippen LogP contribution in [-0.4, -0.2) is 93.8 Å². The number of Topliss-reactive ketones (excluding diaryl/α,β-unsaturated/α-hetero) is 1. The van der Waals surface area contributed by atoms with E-state index in [1.54, 1.807) is 0 Å². The van der Waals surface area contributed by atoms with Crippen LogP contribution in [0.1, 0.15) is 326 Å². The molecule has 108 heavy (non-hydrogen) atoms. The summed E-state index contributed by atoms with van der Waals surface area (Å²) in [7, 11) is 0. The Bertz CT molecular complexity index is 2870. The van der Waals surface area contributed by atoms with E-state index >= 15 is 0 Å². The van der Waals surface area contributed by atoms with Crippen LogP contribution in [0.2, 0.25) is 0 Å². The van der Waals surface area contributed by atoms with Gasteiger partial charge < -0.3 is 53.1 Å². The number of fused-ring (bicyclic) bond motifs is 1. The summed E-state index contributed by atoms with van der Waals surface area (Å²) in [4.78, 5) is 34.5. The first-order chi connectivity index (χ1) is 50.7. The molecule has 6 aliphatic rings. The van der Waals surface area contributed by atoms with E-state index in [0.717, 1.165) is 158 Å². The van der Waals surface area contributed by atoms with Crippen molar-refractivity contribution in [2.45, 2.75) is 329 Å². The van der Waals surface area contributed by atoms with Crippen molar-refractivity contribution >= 4 is 41.2 Å². The molecule has 2 aromatic carbocycles. The minimum Gasteiger partial charge on any atom is -0.542 e. The van der Waals surface area contributed by atoms with E-state index in [2.05, 4.69) is 101 Å². The first-order valence-electron chi connectivity index (χ1n) is 41.4. The summed E-state index contributed by atoms with van der Waals surface area (Å²) in [5.74, 6) is 4.89. The van der Waals surface area contributed by atoms with Gasteiger partial charge >= 0.3 is 0 Å². The van der Waals surface area contributed by atoms with Crippen molar-refractivity contribution in [3.05, 3.63) is 98.1 Å². The molecule has 3 fully saturated rings. The van der Waals surface area contributed by atoms with Crippen LogP contribution in [0, 0.1) is 73.0 Å². The Hall–Kier alpha value is -3.76. The molecule has 2 aliphatic heterocycles. The van der Waals surface area contributed by atoms with Crippen molar-refractivity contribution in [3.63, 3.8) is 0 Å². The normalized spacial score (nSPS) is 21.2. The largest absolute Gasteiger partial charge is 0.542 e. The van der Waals surface area contributed by atoms with Crippen molar-refractivity contribution in [2.24, 2.45) is 96.4 Å². The number of benzene rings is 2. The van der Waals surface area contributed by atoms with E-state index in [4.69, 9.17) is 59.9 Å². The van der Waals surface area contributed by atoms with Crippen molar-refractivity contribution in [3.8, 4) is 11.4 Å². The van der Waals surface area contributed by atoms with Crippen molar-refractivity contribution in [2.75, 3.05) is 26.2 Å². The van der Waals surface area contributed by atoms with E-state index < -0.39 is 0 Å². The van der Waals surface area contributed by atoms with Gasteiger partial charge in [0.2, 0.25) is 5.82 Å². The molecule has 0 saturated heterocycles. The number of allylic oxidation sites excluding steroid dienone is 2. The summed E-state index contributed by atoms with van der Waals surface area (Å²) in [6.07, 6.45) is 61.7. The van der Waals surface area contributed by atoms with Crippen LogP contribution >= 0.6 is 0 Å². The van der Waals surface area contributed by atoms with Crippen LogP contribution in [0.5, 0.6) is 0 Å². The number of nitrogens with zero attached hydrogens (tertiary/aromatic N) is 10. The fourth-order valence-electron chi connectivity index (χ4n) is 16.4. The zero-order valence-corrected chi connectivity index (χ0v) is 72.9. The van der Waals surface area contributed by atoms with Crippen molar-refractivity contribution in [1.82, 2.24) is 20.4 Å². The number of unbranched alkanes of at least 4 members (excludes halogenated alkanes) is 16. The maximum atomic E-state index is 12.8. The van der Waals surface area contributed by atoms with Gasteiger partial charge in [-0.05, 0) is 177 Å². The summed E-state index contributed by atoms with van der Waals surface area (Å²) in [5, 5.41) is 48.2. The van der Waals surface area contributed by atoms with Crippen molar-refractivity contribution < 1.29 is 79.8 Å². The standard InChI is InChI=1S/C30H47N4O.C25H43N3O.C20H32N6.C10H15O.CH4.2CH3.N2.2Y/c1-2-3-7-15-27(32)30-28-24(20-22-35)13-9-6-10-14-26(28)29(33-34-30)25-18-16-23(17-19-25)12-8-4-5-11-21-31;1-2-3-7-13-20-18-21(29)17-19-12-8-6-9-14-22-23(15-10-4-5-11-16-26)27-28-25(20)24(19)22;21-15-7-3-1-5-9-17-11-13-18(14-12-17)20-25-23-19(24-26-20)10-6-2-4-8-16-22;11-9-8-10-6-4-2-1-3-5-7-10;;;;1-2;;/h16-19,24,26-28H,2-15,20-21,31-32H2,1H3;19-20,22,24H,2-18,26H2,1H3;11-14H,1-10,15-16,21-22H2;4,6,10H,1-3,5,7-8H2;1H4;2*1H3;;;/q-1;;;-1;;2*-1;;;/b;;;6-4+;;;;;;. The van der Waals surface area contributed by atoms with Crippen molar-refractivity contribution in [1.29, 1.82) is 10.8 Å². The van der Waals surface area contributed by atoms with Gasteiger partial charge in [0.1, 0.15) is 5.78 Å². The number of nitrogens with two attached hydrogens (primary N) is 5. The molecular formula is C88H147N15O3Y2-4. The number of aromatic nitrogens is 4. The molecule has 9 unspecified atom stereocenters. The van der Waals surface area contributed by atoms with Gasteiger partial charge in [0.15, 0.2) is 5.82 Å². The SMILES string of the molecule is C.CCCCCC(N)C1=NN=C(c2ccc(CCCCCCN)cc2)C2CCCCCC(C[C-]=O)C12.CCCCCC1CC(=O)CC2CCCCCC3C(CCCCCCN)=NN=C1C23.N#N.NCCCCCCc1ccc(-c2nnc(CCCCCCN)nn2)cc1.O=[C-]CC1/C=C/CCCCC1.[CH3-].[CH3-].[Y].[Y]. The Balaban J connectivity index is 0.00000145. The monoisotopic (exact) mass is 1640 g/mol. The number of aryl methyl sites for hydroxylation is 3. The molecule has 2 radical (unpaired) electrons. The molecule has 9 rings (SSSR count). The molecule has 0 amide bonds. The maximum absolute atomic E-state index is 12.8. The van der Waals surface area contributed by atoms with Gasteiger partial charge in [-0.1, -0.05) is 236 Å². The third-order valence-electron chi connectivity index (χ3n) is 22.2. The summed E-state index contributed by atoms with van der Waals surface area (Å²) < 4.78 is 0. The third kappa shape index (κ3) is 39.8. The molecule has 0 spiro atoms. The summed E-state index contributed by atoms with van der Waals surface area (Å²) in [6, 6.07) is 17.3. The minimum absolute atomic E-state index is 0. The molecule has 4 aliphatic carbocycles. The molecule has 3 saturated carbocycles. The maximum Gasteiger partial charge on any atom is 0.203 e. The Morgan fingerprint density at radius 3 is 1.58 bits per heavy atom. The number of ketones is 1. The summed E-state index contributed by atoms with van der Waals surface area (Å²) >= 11 is 0. The van der Waals surface area contributed by atoms with Gasteiger partial charge in [-0.15, -0.1) is 33.2 Å². The third-order valence-corrected chi connectivity index (χ3v) is 22.2. The quantitative estimate of drug-likeness (QED) is 0.0153. The van der Waals surface area contributed by atoms with E-state index in [1.165, 1.54) is 201 Å². The Kier molecular flexibility index (Phi) is 64.3. The van der Waals surface area contributed by atoms with Crippen LogP contribution in [0.25, 0.3) is 11.4 Å². The Morgan fingerprint density at radius 2 is 1.01 bits per heavy atom. The van der Waals surface area contributed by atoms with Gasteiger partial charge in [0, 0.05) is 148 Å². The Morgan fingerprint density at radius 1 is 0.500 bits per heavy atom. The second-order valence-electron chi connectivity index (χ2n) is 30.3. The fraction of sp³-hybridized carbons (Fsp3) is 0.716. The molecular weight excluding hydrogens is 1490 g/mol. The van der Waals surface area contributed by atoms with E-state index in [0.29, 0.717) is 60.5 Å². The predicted octanol–water partition coefficient (Wildman–Crippen LogP) is 19.4. The second kappa shape index (κ2) is 66.7. The van der Waals surface area contributed by atoms with Crippen LogP contribution in [-0.2, 0) is 99.1 Å². The fourth-order valence-corrected chi connectivity index (χ4v) is 16.4. The average molecular weight is 1640 g/mol. The number of rotatable bonds is 39. The number of carbonyl (C=O) groups excluding carboxylic acids is 3. The molecule has 20 heteroatoms. The van der Waals surface area contributed by atoms with Gasteiger partial charge in [-0.25, -0.2) is 0 Å².